The lowest BCUT2D eigenvalue weighted by atomic mass is 10.0. The zero-order valence-electron chi connectivity index (χ0n) is 16.7. The molecule has 3 rings (SSSR count). The summed E-state index contributed by atoms with van der Waals surface area (Å²) in [6.07, 6.45) is 1.56. The van der Waals surface area contributed by atoms with Crippen LogP contribution in [-0.4, -0.2) is 29.4 Å². The first-order chi connectivity index (χ1) is 14.6. The number of carbonyl (C=O) groups is 2. The molecule has 0 spiro atoms. The first kappa shape index (κ1) is 21.3. The number of ketones is 1. The monoisotopic (exact) mass is 403 g/mol. The molecular formula is C25H25NO4. The van der Waals surface area contributed by atoms with E-state index in [1.807, 2.05) is 60.7 Å². The molecule has 0 bridgehead atoms. The van der Waals surface area contributed by atoms with Gasteiger partial charge in [-0.2, -0.15) is 0 Å². The summed E-state index contributed by atoms with van der Waals surface area (Å²) < 4.78 is 5.72. The molecule has 0 fully saturated rings. The van der Waals surface area contributed by atoms with Gasteiger partial charge in [-0.15, -0.1) is 0 Å². The normalized spacial score (nSPS) is 11.6. The Bertz CT molecular complexity index is 940. The summed E-state index contributed by atoms with van der Waals surface area (Å²) >= 11 is 0. The number of carboxylic acids is 1. The Morgan fingerprint density at radius 3 is 2.07 bits per heavy atom. The number of hydrogen-bond donors (Lipinski definition) is 2. The maximum absolute atomic E-state index is 12.5. The summed E-state index contributed by atoms with van der Waals surface area (Å²) in [5, 5.41) is 12.4. The van der Waals surface area contributed by atoms with E-state index in [4.69, 9.17) is 4.74 Å². The third kappa shape index (κ3) is 6.57. The molecule has 0 amide bonds. The molecule has 5 nitrogen and oxygen atoms in total. The number of benzene rings is 3. The lowest BCUT2D eigenvalue weighted by Gasteiger charge is -2.14. The Balaban J connectivity index is 1.49. The van der Waals surface area contributed by atoms with Crippen molar-refractivity contribution < 1.29 is 19.4 Å². The predicted molar refractivity (Wildman–Crippen MR) is 116 cm³/mol. The molecule has 1 unspecified atom stereocenters. The van der Waals surface area contributed by atoms with Gasteiger partial charge in [0.1, 0.15) is 17.5 Å². The molecule has 5 heteroatoms. The van der Waals surface area contributed by atoms with E-state index in [0.717, 1.165) is 12.8 Å². The molecule has 0 aliphatic carbocycles. The molecule has 0 radical (unpaired) electrons. The van der Waals surface area contributed by atoms with Crippen molar-refractivity contribution in [3.05, 3.63) is 96.1 Å². The minimum Gasteiger partial charge on any atom is -0.480 e. The number of aliphatic carboxylic acids is 1. The predicted octanol–water partition coefficient (Wildman–Crippen LogP) is 4.73. The average molecular weight is 403 g/mol. The summed E-state index contributed by atoms with van der Waals surface area (Å²) in [6, 6.07) is 25.2. The van der Waals surface area contributed by atoms with Crippen molar-refractivity contribution in [3.63, 3.8) is 0 Å². The van der Waals surface area contributed by atoms with Gasteiger partial charge in [-0.3, -0.25) is 9.59 Å². The standard InChI is InChI=1S/C25H25NO4/c27-24(20-13-15-22(16-14-20)30-21-11-5-2-6-12-21)18-23(25(28)29)26-17-7-10-19-8-3-1-4-9-19/h1-6,8-9,11-16,23,26H,7,10,17-18H2,(H,28,29). The third-order valence-corrected chi connectivity index (χ3v) is 4.72. The van der Waals surface area contributed by atoms with E-state index >= 15 is 0 Å². The van der Waals surface area contributed by atoms with Crippen molar-refractivity contribution >= 4 is 11.8 Å². The first-order valence-electron chi connectivity index (χ1n) is 9.98. The van der Waals surface area contributed by atoms with Crippen LogP contribution in [0.15, 0.2) is 84.9 Å². The number of ether oxygens (including phenoxy) is 1. The molecule has 1 atom stereocenters. The summed E-state index contributed by atoms with van der Waals surface area (Å²) in [4.78, 5) is 24.1. The van der Waals surface area contributed by atoms with Crippen molar-refractivity contribution in [2.24, 2.45) is 0 Å². The Morgan fingerprint density at radius 2 is 1.43 bits per heavy atom. The van der Waals surface area contributed by atoms with E-state index in [2.05, 4.69) is 5.32 Å². The van der Waals surface area contributed by atoms with E-state index in [-0.39, 0.29) is 12.2 Å². The number of carboxylic acid groups (broad SMARTS) is 1. The number of para-hydroxylation sites is 1. The summed E-state index contributed by atoms with van der Waals surface area (Å²) in [6.45, 7) is 0.531. The van der Waals surface area contributed by atoms with Gasteiger partial charge >= 0.3 is 5.97 Å². The first-order valence-corrected chi connectivity index (χ1v) is 9.98. The highest BCUT2D eigenvalue weighted by molar-refractivity contribution is 5.98. The molecule has 0 aliphatic heterocycles. The van der Waals surface area contributed by atoms with Gasteiger partial charge in [0.15, 0.2) is 5.78 Å². The SMILES string of the molecule is O=C(CC(NCCCc1ccccc1)C(=O)O)c1ccc(Oc2ccccc2)cc1. The van der Waals surface area contributed by atoms with Crippen LogP contribution in [-0.2, 0) is 11.2 Å². The van der Waals surface area contributed by atoms with Crippen LogP contribution in [0.25, 0.3) is 0 Å². The van der Waals surface area contributed by atoms with E-state index in [0.29, 0.717) is 23.6 Å². The van der Waals surface area contributed by atoms with E-state index in [9.17, 15) is 14.7 Å². The maximum atomic E-state index is 12.5. The number of hydrogen-bond acceptors (Lipinski definition) is 4. The lowest BCUT2D eigenvalue weighted by Crippen LogP contribution is -2.39. The van der Waals surface area contributed by atoms with Gasteiger partial charge < -0.3 is 15.2 Å². The lowest BCUT2D eigenvalue weighted by molar-refractivity contribution is -0.139. The van der Waals surface area contributed by atoms with Crippen LogP contribution in [0.5, 0.6) is 11.5 Å². The number of rotatable bonds is 11. The van der Waals surface area contributed by atoms with Gasteiger partial charge in [0, 0.05) is 12.0 Å². The van der Waals surface area contributed by atoms with Crippen LogP contribution in [0.2, 0.25) is 0 Å². The number of Topliss-reactive ketones (excluding diaryl/α,β-unsaturated/α-hetero) is 1. The molecule has 0 saturated carbocycles. The van der Waals surface area contributed by atoms with Crippen molar-refractivity contribution in [2.75, 3.05) is 6.54 Å². The van der Waals surface area contributed by atoms with Crippen LogP contribution >= 0.6 is 0 Å². The van der Waals surface area contributed by atoms with Crippen LogP contribution in [0.3, 0.4) is 0 Å². The van der Waals surface area contributed by atoms with Crippen molar-refractivity contribution in [1.29, 1.82) is 0 Å². The highest BCUT2D eigenvalue weighted by atomic mass is 16.5. The van der Waals surface area contributed by atoms with Gasteiger partial charge in [0.25, 0.3) is 0 Å². The van der Waals surface area contributed by atoms with Crippen LogP contribution in [0.4, 0.5) is 0 Å². The molecule has 0 saturated heterocycles. The van der Waals surface area contributed by atoms with Gasteiger partial charge in [-0.1, -0.05) is 48.5 Å². The second kappa shape index (κ2) is 10.9. The molecule has 30 heavy (non-hydrogen) atoms. The minimum atomic E-state index is -1.02. The number of nitrogens with one attached hydrogen (secondary N) is 1. The van der Waals surface area contributed by atoms with Gasteiger partial charge in [-0.25, -0.2) is 0 Å². The van der Waals surface area contributed by atoms with E-state index in [1.54, 1.807) is 24.3 Å². The van der Waals surface area contributed by atoms with Crippen LogP contribution in [0.1, 0.15) is 28.8 Å². The zero-order chi connectivity index (χ0) is 21.2. The van der Waals surface area contributed by atoms with Crippen molar-refractivity contribution in [3.8, 4) is 11.5 Å². The highest BCUT2D eigenvalue weighted by Gasteiger charge is 2.21. The quantitative estimate of drug-likeness (QED) is 0.358. The third-order valence-electron chi connectivity index (χ3n) is 4.72. The molecule has 2 N–H and O–H groups in total. The smallest absolute Gasteiger partial charge is 0.321 e. The largest absolute Gasteiger partial charge is 0.480 e. The Hall–Kier alpha value is -3.44. The van der Waals surface area contributed by atoms with Crippen molar-refractivity contribution in [1.82, 2.24) is 5.32 Å². The summed E-state index contributed by atoms with van der Waals surface area (Å²) in [5.74, 6) is 0.0881. The fourth-order valence-corrected chi connectivity index (χ4v) is 3.10. The minimum absolute atomic E-state index is 0.0977. The van der Waals surface area contributed by atoms with E-state index < -0.39 is 12.0 Å². The second-order valence-corrected chi connectivity index (χ2v) is 7.00. The topological polar surface area (TPSA) is 75.6 Å². The molecular weight excluding hydrogens is 378 g/mol. The van der Waals surface area contributed by atoms with Crippen molar-refractivity contribution in [2.45, 2.75) is 25.3 Å². The maximum Gasteiger partial charge on any atom is 0.321 e. The molecule has 3 aromatic rings. The Kier molecular flexibility index (Phi) is 7.75. The fourth-order valence-electron chi connectivity index (χ4n) is 3.10. The average Bonchev–Trinajstić information content (AvgIpc) is 2.77. The van der Waals surface area contributed by atoms with Gasteiger partial charge in [0.05, 0.1) is 0 Å². The fraction of sp³-hybridized carbons (Fsp3) is 0.200. The van der Waals surface area contributed by atoms with E-state index in [1.165, 1.54) is 5.56 Å². The molecule has 154 valence electrons. The van der Waals surface area contributed by atoms with Gasteiger partial charge in [0.2, 0.25) is 0 Å². The number of carbonyl (C=O) groups excluding carboxylic acids is 1. The van der Waals surface area contributed by atoms with Crippen LogP contribution < -0.4 is 10.1 Å². The molecule has 0 aliphatic rings. The molecule has 3 aromatic carbocycles. The zero-order valence-corrected chi connectivity index (χ0v) is 16.7. The summed E-state index contributed by atoms with van der Waals surface area (Å²) in [7, 11) is 0. The second-order valence-electron chi connectivity index (χ2n) is 7.00. The van der Waals surface area contributed by atoms with Gasteiger partial charge in [-0.05, 0) is 61.3 Å². The summed E-state index contributed by atoms with van der Waals surface area (Å²) in [5.41, 5.74) is 1.67. The number of aryl methyl sites for hydroxylation is 1. The highest BCUT2D eigenvalue weighted by Crippen LogP contribution is 2.21. The Morgan fingerprint density at radius 1 is 0.833 bits per heavy atom. The Labute approximate surface area is 176 Å². The molecule has 0 aromatic heterocycles. The van der Waals surface area contributed by atoms with Crippen LogP contribution in [0, 0.1) is 0 Å². The molecule has 0 heterocycles.